The number of nitrogens with zero attached hydrogens (tertiary/aromatic N) is 1. The van der Waals surface area contributed by atoms with E-state index in [0.29, 0.717) is 26.1 Å². The Morgan fingerprint density at radius 3 is 2.14 bits per heavy atom. The molecule has 0 rings (SSSR count). The number of aliphatic hydroxyl groups excluding tert-OH is 2. The molecule has 28 heavy (non-hydrogen) atoms. The Kier molecular flexibility index (Phi) is 14.7. The van der Waals surface area contributed by atoms with Gasteiger partial charge in [-0.2, -0.15) is 0 Å². The zero-order valence-electron chi connectivity index (χ0n) is 17.9. The molecule has 0 saturated heterocycles. The van der Waals surface area contributed by atoms with E-state index < -0.39 is 21.0 Å². The topological polar surface area (TPSA) is 135 Å². The van der Waals surface area contributed by atoms with Gasteiger partial charge in [0.05, 0.1) is 31.0 Å². The summed E-state index contributed by atoms with van der Waals surface area (Å²) in [5.74, 6) is 0. The lowest BCUT2D eigenvalue weighted by Crippen LogP contribution is -2.44. The normalized spacial score (nSPS) is 15.2. The molecule has 0 spiro atoms. The Morgan fingerprint density at radius 2 is 1.61 bits per heavy atom. The van der Waals surface area contributed by atoms with Gasteiger partial charge in [-0.1, -0.05) is 6.92 Å². The molecule has 0 amide bonds. The van der Waals surface area contributed by atoms with Crippen molar-refractivity contribution < 1.29 is 34.1 Å². The van der Waals surface area contributed by atoms with E-state index in [1.165, 1.54) is 0 Å². The maximum Gasteiger partial charge on any atom is 0.492 e. The summed E-state index contributed by atoms with van der Waals surface area (Å²) >= 11 is 0. The van der Waals surface area contributed by atoms with Crippen LogP contribution in [0.15, 0.2) is 0 Å². The van der Waals surface area contributed by atoms with Crippen molar-refractivity contribution >= 4 is 8.80 Å². The summed E-state index contributed by atoms with van der Waals surface area (Å²) in [5.41, 5.74) is -0.319. The van der Waals surface area contributed by atoms with E-state index in [-0.39, 0.29) is 31.5 Å². The number of hydrogen-bond acceptors (Lipinski definition) is 9. The Bertz CT molecular complexity index is 378. The van der Waals surface area contributed by atoms with Crippen LogP contribution in [0, 0.1) is 0 Å². The first-order valence-electron chi connectivity index (χ1n) is 10.1. The van der Waals surface area contributed by atoms with Crippen LogP contribution in [0.2, 0.25) is 6.04 Å². The smallest absolute Gasteiger partial charge is 0.390 e. The first kappa shape index (κ1) is 27.9. The Hall–Kier alpha value is -0.143. The molecule has 0 heterocycles. The molecular formula is C18H42N2O7Si. The number of rotatable bonds is 17. The molecular weight excluding hydrogens is 384 g/mol. The van der Waals surface area contributed by atoms with Crippen molar-refractivity contribution in [3.05, 3.63) is 0 Å². The van der Waals surface area contributed by atoms with Crippen molar-refractivity contribution in [2.45, 2.75) is 64.4 Å². The summed E-state index contributed by atoms with van der Waals surface area (Å²) in [5, 5.41) is 23.8. The minimum Gasteiger partial charge on any atom is -0.390 e. The Labute approximate surface area is 170 Å². The molecule has 9 nitrogen and oxygen atoms in total. The van der Waals surface area contributed by atoms with Crippen molar-refractivity contribution in [2.75, 3.05) is 52.5 Å². The van der Waals surface area contributed by atoms with Crippen LogP contribution < -0.4 is 5.32 Å². The lowest BCUT2D eigenvalue weighted by atomic mass is 10.2. The van der Waals surface area contributed by atoms with Gasteiger partial charge in [-0.3, -0.25) is 4.90 Å². The lowest BCUT2D eigenvalue weighted by molar-refractivity contribution is -0.0601. The second-order valence-electron chi connectivity index (χ2n) is 8.19. The molecule has 0 aliphatic rings. The third kappa shape index (κ3) is 19.2. The molecule has 0 bridgehead atoms. The van der Waals surface area contributed by atoms with E-state index in [1.807, 2.05) is 25.7 Å². The molecule has 10 heteroatoms. The van der Waals surface area contributed by atoms with E-state index in [0.717, 1.165) is 19.5 Å². The largest absolute Gasteiger partial charge is 0.492 e. The summed E-state index contributed by atoms with van der Waals surface area (Å²) in [6.45, 7) is 11.5. The molecule has 0 fully saturated rings. The summed E-state index contributed by atoms with van der Waals surface area (Å²) in [6, 6.07) is -0.0850. The summed E-state index contributed by atoms with van der Waals surface area (Å²) in [7, 11) is -4.02. The summed E-state index contributed by atoms with van der Waals surface area (Å²) in [4.78, 5) is 28.8. The highest BCUT2D eigenvalue weighted by Crippen LogP contribution is 2.08. The van der Waals surface area contributed by atoms with Crippen molar-refractivity contribution in [2.24, 2.45) is 0 Å². The third-order valence-electron chi connectivity index (χ3n) is 3.79. The van der Waals surface area contributed by atoms with E-state index in [2.05, 4.69) is 12.2 Å². The molecule has 6 N–H and O–H groups in total. The molecule has 0 aromatic carbocycles. The zero-order chi connectivity index (χ0) is 21.6. The lowest BCUT2D eigenvalue weighted by Gasteiger charge is -2.29. The SMILES string of the molecule is CCCNCCN(CC(O)COCCC[Si](O)(O)O)CC(O)COC(C)(C)C. The number of ether oxygens (including phenoxy) is 2. The van der Waals surface area contributed by atoms with Crippen LogP contribution in [-0.2, 0) is 9.47 Å². The fraction of sp³-hybridized carbons (Fsp3) is 1.00. The molecule has 0 saturated carbocycles. The molecule has 0 aliphatic heterocycles. The van der Waals surface area contributed by atoms with E-state index >= 15 is 0 Å². The molecule has 0 aromatic heterocycles. The average molecular weight is 427 g/mol. The highest BCUT2D eigenvalue weighted by molar-refractivity contribution is 6.56. The summed E-state index contributed by atoms with van der Waals surface area (Å²) < 4.78 is 11.0. The minimum absolute atomic E-state index is 0.0850. The minimum atomic E-state index is -4.02. The van der Waals surface area contributed by atoms with E-state index in [9.17, 15) is 10.2 Å². The van der Waals surface area contributed by atoms with Gasteiger partial charge in [-0.15, -0.1) is 0 Å². The number of aliphatic hydroxyl groups is 2. The third-order valence-corrected chi connectivity index (χ3v) is 4.81. The van der Waals surface area contributed by atoms with Gasteiger partial charge in [0.1, 0.15) is 0 Å². The molecule has 2 atom stereocenters. The van der Waals surface area contributed by atoms with Crippen molar-refractivity contribution in [3.8, 4) is 0 Å². The monoisotopic (exact) mass is 426 g/mol. The fourth-order valence-corrected chi connectivity index (χ4v) is 3.09. The molecule has 0 aromatic rings. The Morgan fingerprint density at radius 1 is 1.00 bits per heavy atom. The first-order valence-corrected chi connectivity index (χ1v) is 12.2. The molecule has 170 valence electrons. The van der Waals surface area contributed by atoms with Crippen LogP contribution in [-0.4, -0.2) is 109 Å². The van der Waals surface area contributed by atoms with Gasteiger partial charge in [0.25, 0.3) is 0 Å². The van der Waals surface area contributed by atoms with E-state index in [1.54, 1.807) is 0 Å². The number of nitrogens with one attached hydrogen (secondary N) is 1. The van der Waals surface area contributed by atoms with Gasteiger partial charge in [-0.05, 0) is 40.2 Å². The highest BCUT2D eigenvalue weighted by Gasteiger charge is 2.25. The maximum atomic E-state index is 10.3. The van der Waals surface area contributed by atoms with Gasteiger partial charge in [0.15, 0.2) is 0 Å². The van der Waals surface area contributed by atoms with Crippen LogP contribution in [0.5, 0.6) is 0 Å². The second kappa shape index (κ2) is 14.8. The average Bonchev–Trinajstić information content (AvgIpc) is 2.55. The molecule has 0 aliphatic carbocycles. The van der Waals surface area contributed by atoms with E-state index in [4.69, 9.17) is 23.9 Å². The van der Waals surface area contributed by atoms with Crippen molar-refractivity contribution in [1.29, 1.82) is 0 Å². The number of hydrogen-bond donors (Lipinski definition) is 6. The van der Waals surface area contributed by atoms with Gasteiger partial charge in [0.2, 0.25) is 0 Å². The second-order valence-corrected chi connectivity index (χ2v) is 10.2. The first-order chi connectivity index (χ1) is 12.9. The predicted molar refractivity (Wildman–Crippen MR) is 110 cm³/mol. The zero-order valence-corrected chi connectivity index (χ0v) is 18.9. The highest BCUT2D eigenvalue weighted by atomic mass is 28.4. The van der Waals surface area contributed by atoms with Crippen LogP contribution in [0.25, 0.3) is 0 Å². The van der Waals surface area contributed by atoms with Crippen LogP contribution in [0.1, 0.15) is 40.5 Å². The molecule has 2 unspecified atom stereocenters. The van der Waals surface area contributed by atoms with Gasteiger partial charge in [0, 0.05) is 38.8 Å². The Balaban J connectivity index is 4.29. The van der Waals surface area contributed by atoms with Crippen LogP contribution >= 0.6 is 0 Å². The molecule has 0 radical (unpaired) electrons. The van der Waals surface area contributed by atoms with Gasteiger partial charge >= 0.3 is 8.80 Å². The van der Waals surface area contributed by atoms with Crippen molar-refractivity contribution in [3.63, 3.8) is 0 Å². The predicted octanol–water partition coefficient (Wildman–Crippen LogP) is -0.853. The maximum absolute atomic E-state index is 10.3. The fourth-order valence-electron chi connectivity index (χ4n) is 2.47. The van der Waals surface area contributed by atoms with Gasteiger partial charge < -0.3 is 39.4 Å². The standard InChI is InChI=1S/C18H42N2O7Si/c1-5-7-19-8-9-20(13-17(22)15-27-18(2,3)4)12-16(21)14-26-10-6-11-28(23,24)25/h16-17,19,21-25H,5-15H2,1-4H3. The summed E-state index contributed by atoms with van der Waals surface area (Å²) in [6.07, 6.45) is -0.0368. The van der Waals surface area contributed by atoms with Crippen LogP contribution in [0.4, 0.5) is 0 Å². The quantitative estimate of drug-likeness (QED) is 0.130. The van der Waals surface area contributed by atoms with Gasteiger partial charge in [-0.25, -0.2) is 0 Å². The van der Waals surface area contributed by atoms with Crippen molar-refractivity contribution in [1.82, 2.24) is 10.2 Å². The van der Waals surface area contributed by atoms with Crippen LogP contribution in [0.3, 0.4) is 0 Å².